The van der Waals surface area contributed by atoms with Crippen LogP contribution in [0.3, 0.4) is 0 Å². The maximum absolute atomic E-state index is 12.9. The van der Waals surface area contributed by atoms with Crippen LogP contribution in [0.25, 0.3) is 0 Å². The molecule has 33 heavy (non-hydrogen) atoms. The van der Waals surface area contributed by atoms with Gasteiger partial charge in [0.25, 0.3) is 10.0 Å². The number of carbonyl (C=O) groups excluding carboxylic acids is 1. The Morgan fingerprint density at radius 2 is 1.45 bits per heavy atom. The third kappa shape index (κ3) is 5.04. The van der Waals surface area contributed by atoms with Crippen molar-refractivity contribution in [3.63, 3.8) is 0 Å². The Morgan fingerprint density at radius 1 is 0.879 bits per heavy atom. The molecule has 0 fully saturated rings. The SMILES string of the molecule is CC.CC(c1cccc(C(=O)c2ccccc2)c1)c1cn(S(=O)(=O)c2ccccc2)c(N)n1. The van der Waals surface area contributed by atoms with E-state index in [9.17, 15) is 13.2 Å². The van der Waals surface area contributed by atoms with E-state index in [0.717, 1.165) is 9.54 Å². The van der Waals surface area contributed by atoms with E-state index in [-0.39, 0.29) is 22.5 Å². The number of nitrogen functional groups attached to an aromatic ring is 1. The zero-order valence-corrected chi connectivity index (χ0v) is 19.7. The minimum atomic E-state index is -3.85. The predicted octanol–water partition coefficient (Wildman–Crippen LogP) is 5.11. The summed E-state index contributed by atoms with van der Waals surface area (Å²) in [5.41, 5.74) is 8.45. The zero-order chi connectivity index (χ0) is 24.0. The lowest BCUT2D eigenvalue weighted by molar-refractivity contribution is 0.103. The van der Waals surface area contributed by atoms with Gasteiger partial charge in [0, 0.05) is 23.2 Å². The first-order valence-corrected chi connectivity index (χ1v) is 12.2. The highest BCUT2D eigenvalue weighted by atomic mass is 32.2. The fourth-order valence-electron chi connectivity index (χ4n) is 3.38. The number of imidazole rings is 1. The molecular formula is C26H27N3O3S. The van der Waals surface area contributed by atoms with Crippen LogP contribution < -0.4 is 5.73 Å². The standard InChI is InChI=1S/C24H21N3O3S.C2H6/c1-17(19-11-8-12-20(15-19)23(28)18-9-4-2-5-10-18)22-16-27(24(25)26-22)31(29,30)21-13-6-3-7-14-21;1-2/h2-17H,1H3,(H2,25,26);1-2H3. The summed E-state index contributed by atoms with van der Waals surface area (Å²) in [6.07, 6.45) is 1.44. The smallest absolute Gasteiger partial charge is 0.270 e. The summed E-state index contributed by atoms with van der Waals surface area (Å²) in [5.74, 6) is -0.452. The molecule has 4 aromatic rings. The molecule has 1 unspecified atom stereocenters. The first kappa shape index (κ1) is 23.9. The molecule has 0 bridgehead atoms. The molecule has 1 heterocycles. The quantitative estimate of drug-likeness (QED) is 0.403. The van der Waals surface area contributed by atoms with E-state index in [0.29, 0.717) is 16.8 Å². The van der Waals surface area contributed by atoms with Crippen molar-refractivity contribution in [3.8, 4) is 0 Å². The molecule has 0 saturated heterocycles. The second-order valence-electron chi connectivity index (χ2n) is 7.18. The normalized spacial score (nSPS) is 11.8. The van der Waals surface area contributed by atoms with Crippen molar-refractivity contribution in [1.82, 2.24) is 8.96 Å². The van der Waals surface area contributed by atoms with Crippen LogP contribution in [0.5, 0.6) is 0 Å². The van der Waals surface area contributed by atoms with E-state index in [1.54, 1.807) is 42.5 Å². The van der Waals surface area contributed by atoms with Gasteiger partial charge in [-0.2, -0.15) is 0 Å². The summed E-state index contributed by atoms with van der Waals surface area (Å²) in [6, 6.07) is 24.4. The second kappa shape index (κ2) is 10.3. The van der Waals surface area contributed by atoms with Crippen molar-refractivity contribution in [2.24, 2.45) is 0 Å². The van der Waals surface area contributed by atoms with E-state index in [4.69, 9.17) is 5.73 Å². The number of carbonyl (C=O) groups is 1. The van der Waals surface area contributed by atoms with Gasteiger partial charge in [0.15, 0.2) is 5.78 Å². The monoisotopic (exact) mass is 461 g/mol. The van der Waals surface area contributed by atoms with Gasteiger partial charge in [0.2, 0.25) is 5.95 Å². The number of aromatic nitrogens is 2. The lowest BCUT2D eigenvalue weighted by Crippen LogP contribution is -2.14. The highest BCUT2D eigenvalue weighted by Gasteiger charge is 2.23. The summed E-state index contributed by atoms with van der Waals surface area (Å²) in [7, 11) is -3.85. The van der Waals surface area contributed by atoms with Crippen molar-refractivity contribution in [2.45, 2.75) is 31.6 Å². The Hall–Kier alpha value is -3.71. The van der Waals surface area contributed by atoms with E-state index in [1.807, 2.05) is 51.1 Å². The van der Waals surface area contributed by atoms with Crippen LogP contribution in [0, 0.1) is 0 Å². The lowest BCUT2D eigenvalue weighted by Gasteiger charge is -2.11. The maximum Gasteiger partial charge on any atom is 0.270 e. The number of ketones is 1. The second-order valence-corrected chi connectivity index (χ2v) is 9.00. The van der Waals surface area contributed by atoms with Gasteiger partial charge in [0.1, 0.15) is 0 Å². The van der Waals surface area contributed by atoms with Crippen molar-refractivity contribution >= 4 is 21.8 Å². The average Bonchev–Trinajstić information content (AvgIpc) is 3.28. The van der Waals surface area contributed by atoms with Gasteiger partial charge >= 0.3 is 0 Å². The van der Waals surface area contributed by atoms with Gasteiger partial charge in [-0.25, -0.2) is 17.4 Å². The molecule has 1 atom stereocenters. The van der Waals surface area contributed by atoms with Gasteiger partial charge in [-0.3, -0.25) is 4.79 Å². The number of hydrogen-bond donors (Lipinski definition) is 1. The van der Waals surface area contributed by atoms with Crippen LogP contribution in [0.2, 0.25) is 0 Å². The number of rotatable bonds is 6. The molecule has 170 valence electrons. The Kier molecular flexibility index (Phi) is 7.45. The van der Waals surface area contributed by atoms with E-state index >= 15 is 0 Å². The molecule has 0 saturated carbocycles. The molecule has 1 aromatic heterocycles. The first-order chi connectivity index (χ1) is 15.9. The molecule has 3 aromatic carbocycles. The Morgan fingerprint density at radius 3 is 2.09 bits per heavy atom. The number of anilines is 1. The number of benzene rings is 3. The first-order valence-electron chi connectivity index (χ1n) is 10.7. The van der Waals surface area contributed by atoms with Gasteiger partial charge < -0.3 is 5.73 Å². The Labute approximate surface area is 194 Å². The highest BCUT2D eigenvalue weighted by molar-refractivity contribution is 7.90. The molecule has 0 aliphatic carbocycles. The van der Waals surface area contributed by atoms with Crippen molar-refractivity contribution in [3.05, 3.63) is 114 Å². The molecule has 0 amide bonds. The molecule has 7 heteroatoms. The third-order valence-electron chi connectivity index (χ3n) is 5.15. The number of nitrogens with zero attached hydrogens (tertiary/aromatic N) is 2. The molecule has 6 nitrogen and oxygen atoms in total. The molecular weight excluding hydrogens is 434 g/mol. The summed E-state index contributed by atoms with van der Waals surface area (Å²) < 4.78 is 26.8. The van der Waals surface area contributed by atoms with Crippen molar-refractivity contribution in [2.75, 3.05) is 5.73 Å². The van der Waals surface area contributed by atoms with Crippen LogP contribution in [0.4, 0.5) is 5.95 Å². The van der Waals surface area contributed by atoms with Crippen LogP contribution >= 0.6 is 0 Å². The van der Waals surface area contributed by atoms with E-state index in [2.05, 4.69) is 4.98 Å². The summed E-state index contributed by atoms with van der Waals surface area (Å²) in [4.78, 5) is 17.2. The van der Waals surface area contributed by atoms with Gasteiger partial charge in [0.05, 0.1) is 10.6 Å². The molecule has 0 radical (unpaired) electrons. The summed E-state index contributed by atoms with van der Waals surface area (Å²) in [6.45, 7) is 5.90. The molecule has 4 rings (SSSR count). The van der Waals surface area contributed by atoms with E-state index in [1.165, 1.54) is 18.3 Å². The van der Waals surface area contributed by atoms with Crippen molar-refractivity contribution in [1.29, 1.82) is 0 Å². The molecule has 2 N–H and O–H groups in total. The Balaban J connectivity index is 0.00000149. The number of hydrogen-bond acceptors (Lipinski definition) is 5. The molecule has 0 spiro atoms. The summed E-state index contributed by atoms with van der Waals surface area (Å²) >= 11 is 0. The maximum atomic E-state index is 12.9. The van der Waals surface area contributed by atoms with Crippen LogP contribution in [0.1, 0.15) is 53.9 Å². The minimum absolute atomic E-state index is 0.0775. The summed E-state index contributed by atoms with van der Waals surface area (Å²) in [5, 5.41) is 0. The third-order valence-corrected chi connectivity index (χ3v) is 6.83. The molecule has 0 aliphatic heterocycles. The fraction of sp³-hybridized carbons (Fsp3) is 0.154. The largest absolute Gasteiger partial charge is 0.368 e. The average molecular weight is 462 g/mol. The highest BCUT2D eigenvalue weighted by Crippen LogP contribution is 2.27. The topological polar surface area (TPSA) is 95.0 Å². The minimum Gasteiger partial charge on any atom is -0.368 e. The van der Waals surface area contributed by atoms with Gasteiger partial charge in [-0.05, 0) is 23.8 Å². The zero-order valence-electron chi connectivity index (χ0n) is 18.8. The van der Waals surface area contributed by atoms with Crippen molar-refractivity contribution < 1.29 is 13.2 Å². The van der Waals surface area contributed by atoms with Crippen LogP contribution in [-0.2, 0) is 10.0 Å². The van der Waals surface area contributed by atoms with Gasteiger partial charge in [-0.1, -0.05) is 87.5 Å². The Bertz CT molecular complexity index is 1330. The fourth-order valence-corrected chi connectivity index (χ4v) is 4.64. The number of nitrogens with two attached hydrogens (primary N) is 1. The van der Waals surface area contributed by atoms with E-state index < -0.39 is 10.0 Å². The predicted molar refractivity (Wildman–Crippen MR) is 131 cm³/mol. The lowest BCUT2D eigenvalue weighted by atomic mass is 9.94. The molecule has 0 aliphatic rings. The van der Waals surface area contributed by atoms with Crippen LogP contribution in [0.15, 0.2) is 96.0 Å². The van der Waals surface area contributed by atoms with Gasteiger partial charge in [-0.15, -0.1) is 0 Å². The van der Waals surface area contributed by atoms with Crippen LogP contribution in [-0.4, -0.2) is 23.2 Å².